The summed E-state index contributed by atoms with van der Waals surface area (Å²) in [4.78, 5) is 2.86. The molecule has 0 aliphatic rings. The molecule has 0 saturated heterocycles. The number of halogens is 3. The molecule has 1 aromatic rings. The van der Waals surface area contributed by atoms with E-state index in [1.54, 1.807) is 0 Å². The maximum atomic E-state index is 12.7. The van der Waals surface area contributed by atoms with Crippen LogP contribution in [0.5, 0.6) is 0 Å². The average molecular weight is 171 g/mol. The van der Waals surface area contributed by atoms with Gasteiger partial charge in [0.05, 0.1) is 5.56 Å². The van der Waals surface area contributed by atoms with Crippen LogP contribution in [0.25, 0.3) is 4.85 Å². The van der Waals surface area contributed by atoms with Crippen molar-refractivity contribution in [2.45, 2.75) is 6.54 Å². The first-order valence-corrected chi connectivity index (χ1v) is 3.12. The molecule has 0 heterocycles. The molecule has 0 fully saturated rings. The van der Waals surface area contributed by atoms with Crippen molar-refractivity contribution >= 4 is 0 Å². The van der Waals surface area contributed by atoms with Crippen LogP contribution < -0.4 is 0 Å². The first-order valence-electron chi connectivity index (χ1n) is 3.12. The Bertz CT molecular complexity index is 341. The van der Waals surface area contributed by atoms with Gasteiger partial charge in [0.1, 0.15) is 5.82 Å². The smallest absolute Gasteiger partial charge is 0.242 e. The highest BCUT2D eigenvalue weighted by atomic mass is 19.2. The lowest BCUT2D eigenvalue weighted by atomic mass is 10.2. The molecule has 12 heavy (non-hydrogen) atoms. The van der Waals surface area contributed by atoms with Gasteiger partial charge >= 0.3 is 0 Å². The van der Waals surface area contributed by atoms with Crippen LogP contribution in [0.3, 0.4) is 0 Å². The van der Waals surface area contributed by atoms with E-state index in [-0.39, 0.29) is 12.1 Å². The Hall–Kier alpha value is -1.50. The van der Waals surface area contributed by atoms with Crippen molar-refractivity contribution in [3.63, 3.8) is 0 Å². The third-order valence-electron chi connectivity index (χ3n) is 1.34. The predicted molar refractivity (Wildman–Crippen MR) is 36.6 cm³/mol. The Morgan fingerprint density at radius 3 is 2.25 bits per heavy atom. The Morgan fingerprint density at radius 2 is 1.67 bits per heavy atom. The molecule has 0 unspecified atom stereocenters. The lowest BCUT2D eigenvalue weighted by molar-refractivity contribution is 0.491. The van der Waals surface area contributed by atoms with Gasteiger partial charge in [-0.2, -0.15) is 0 Å². The molecule has 62 valence electrons. The maximum Gasteiger partial charge on any atom is 0.242 e. The van der Waals surface area contributed by atoms with Crippen LogP contribution in [-0.2, 0) is 6.54 Å². The van der Waals surface area contributed by atoms with Crippen molar-refractivity contribution in [3.8, 4) is 0 Å². The van der Waals surface area contributed by atoms with Crippen LogP contribution in [0.4, 0.5) is 13.2 Å². The Morgan fingerprint density at radius 1 is 1.08 bits per heavy atom. The second-order valence-corrected chi connectivity index (χ2v) is 2.17. The summed E-state index contributed by atoms with van der Waals surface area (Å²) in [6.45, 7) is 6.13. The van der Waals surface area contributed by atoms with Gasteiger partial charge in [-0.05, 0) is 6.07 Å². The highest BCUT2D eigenvalue weighted by Gasteiger charge is 2.10. The molecular weight excluding hydrogens is 167 g/mol. The monoisotopic (exact) mass is 171 g/mol. The first kappa shape index (κ1) is 8.60. The van der Waals surface area contributed by atoms with Gasteiger partial charge < -0.3 is 4.85 Å². The van der Waals surface area contributed by atoms with Gasteiger partial charge in [0, 0.05) is 6.07 Å². The Labute approximate surface area is 67.3 Å². The number of hydrogen-bond donors (Lipinski definition) is 0. The van der Waals surface area contributed by atoms with E-state index < -0.39 is 17.5 Å². The van der Waals surface area contributed by atoms with E-state index in [1.165, 1.54) is 0 Å². The molecule has 0 atom stereocenters. The summed E-state index contributed by atoms with van der Waals surface area (Å²) in [5.41, 5.74) is -0.121. The number of hydrogen-bond acceptors (Lipinski definition) is 0. The van der Waals surface area contributed by atoms with Crippen molar-refractivity contribution in [3.05, 3.63) is 46.6 Å². The molecule has 4 heteroatoms. The number of benzene rings is 1. The molecule has 1 nitrogen and oxygen atoms in total. The van der Waals surface area contributed by atoms with Crippen LogP contribution in [0, 0.1) is 24.0 Å². The molecule has 0 bridgehead atoms. The topological polar surface area (TPSA) is 4.36 Å². The summed E-state index contributed by atoms with van der Waals surface area (Å²) in [5, 5.41) is 0. The summed E-state index contributed by atoms with van der Waals surface area (Å²) in [7, 11) is 0. The third kappa shape index (κ3) is 1.56. The van der Waals surface area contributed by atoms with Gasteiger partial charge in [0.2, 0.25) is 6.54 Å². The van der Waals surface area contributed by atoms with Gasteiger partial charge in [-0.15, -0.1) is 0 Å². The summed E-state index contributed by atoms with van der Waals surface area (Å²) >= 11 is 0. The fraction of sp³-hybridized carbons (Fsp3) is 0.125. The zero-order chi connectivity index (χ0) is 9.14. The Kier molecular flexibility index (Phi) is 2.34. The first-order chi connectivity index (χ1) is 5.65. The molecule has 1 rings (SSSR count). The standard InChI is InChI=1S/C8H4F3N/c1-12-4-5-2-7(10)8(11)3-6(5)9/h2-3H,4H2. The van der Waals surface area contributed by atoms with Crippen LogP contribution in [0.1, 0.15) is 5.56 Å². The van der Waals surface area contributed by atoms with Crippen LogP contribution in [-0.4, -0.2) is 0 Å². The van der Waals surface area contributed by atoms with Gasteiger partial charge in [-0.1, -0.05) is 0 Å². The van der Waals surface area contributed by atoms with E-state index in [4.69, 9.17) is 6.57 Å². The molecule has 0 saturated carbocycles. The fourth-order valence-electron chi connectivity index (χ4n) is 0.770. The zero-order valence-electron chi connectivity index (χ0n) is 5.94. The van der Waals surface area contributed by atoms with Crippen molar-refractivity contribution in [2.24, 2.45) is 0 Å². The SMILES string of the molecule is [C-]#[N+]Cc1cc(F)c(F)cc1F. The molecule has 0 aromatic heterocycles. The highest BCUT2D eigenvalue weighted by molar-refractivity contribution is 5.20. The lowest BCUT2D eigenvalue weighted by Crippen LogP contribution is -1.93. The number of rotatable bonds is 1. The van der Waals surface area contributed by atoms with Crippen molar-refractivity contribution < 1.29 is 13.2 Å². The van der Waals surface area contributed by atoms with Crippen LogP contribution in [0.2, 0.25) is 0 Å². The zero-order valence-corrected chi connectivity index (χ0v) is 5.94. The summed E-state index contributed by atoms with van der Waals surface area (Å²) in [6.07, 6.45) is 0. The summed E-state index contributed by atoms with van der Waals surface area (Å²) in [5.74, 6) is -3.25. The van der Waals surface area contributed by atoms with Gasteiger partial charge in [0.15, 0.2) is 11.6 Å². The minimum atomic E-state index is -1.23. The molecule has 0 aliphatic carbocycles. The fourth-order valence-corrected chi connectivity index (χ4v) is 0.770. The second-order valence-electron chi connectivity index (χ2n) is 2.17. The van der Waals surface area contributed by atoms with E-state index in [2.05, 4.69) is 4.85 Å². The molecule has 0 spiro atoms. The minimum Gasteiger partial charge on any atom is -0.312 e. The number of nitrogens with zero attached hydrogens (tertiary/aromatic N) is 1. The largest absolute Gasteiger partial charge is 0.312 e. The maximum absolute atomic E-state index is 12.7. The van der Waals surface area contributed by atoms with Crippen molar-refractivity contribution in [1.82, 2.24) is 0 Å². The molecule has 0 aliphatic heterocycles. The van der Waals surface area contributed by atoms with Gasteiger partial charge in [-0.25, -0.2) is 19.7 Å². The van der Waals surface area contributed by atoms with Crippen LogP contribution >= 0.6 is 0 Å². The molecule has 1 aromatic carbocycles. The van der Waals surface area contributed by atoms with Gasteiger partial charge in [-0.3, -0.25) is 0 Å². The highest BCUT2D eigenvalue weighted by Crippen LogP contribution is 2.14. The average Bonchev–Trinajstić information content (AvgIpc) is 2.01. The summed E-state index contributed by atoms with van der Waals surface area (Å²) < 4.78 is 37.4. The molecule has 0 amide bonds. The van der Waals surface area contributed by atoms with E-state index in [0.29, 0.717) is 12.1 Å². The molecule has 0 N–H and O–H groups in total. The predicted octanol–water partition coefficient (Wildman–Crippen LogP) is 2.52. The van der Waals surface area contributed by atoms with Crippen molar-refractivity contribution in [2.75, 3.05) is 0 Å². The summed E-state index contributed by atoms with van der Waals surface area (Å²) in [6, 6.07) is 1.14. The van der Waals surface area contributed by atoms with Gasteiger partial charge in [0.25, 0.3) is 0 Å². The van der Waals surface area contributed by atoms with E-state index in [1.807, 2.05) is 0 Å². The van der Waals surface area contributed by atoms with E-state index in [9.17, 15) is 13.2 Å². The van der Waals surface area contributed by atoms with Crippen LogP contribution in [0.15, 0.2) is 12.1 Å². The minimum absolute atomic E-state index is 0.121. The van der Waals surface area contributed by atoms with Crippen molar-refractivity contribution in [1.29, 1.82) is 0 Å². The molecular formula is C8H4F3N. The normalized spacial score (nSPS) is 9.50. The Balaban J connectivity index is 3.16. The molecule has 0 radical (unpaired) electrons. The third-order valence-corrected chi connectivity index (χ3v) is 1.34. The van der Waals surface area contributed by atoms with E-state index >= 15 is 0 Å². The lowest BCUT2D eigenvalue weighted by Gasteiger charge is -1.96. The quantitative estimate of drug-likeness (QED) is 0.451. The second kappa shape index (κ2) is 3.26. The van der Waals surface area contributed by atoms with E-state index in [0.717, 1.165) is 0 Å².